The van der Waals surface area contributed by atoms with E-state index < -0.39 is 15.6 Å². The van der Waals surface area contributed by atoms with Crippen molar-refractivity contribution in [3.63, 3.8) is 0 Å². The van der Waals surface area contributed by atoms with Gasteiger partial charge in [-0.05, 0) is 36.1 Å². The fraction of sp³-hybridized carbons (Fsp3) is 0.273. The van der Waals surface area contributed by atoms with E-state index in [2.05, 4.69) is 4.18 Å². The molecule has 98 valence electrons. The molecule has 1 aromatic rings. The van der Waals surface area contributed by atoms with E-state index in [9.17, 15) is 21.6 Å². The van der Waals surface area contributed by atoms with Gasteiger partial charge in [-0.25, -0.2) is 0 Å². The molecule has 0 spiro atoms. The number of hydrogen-bond donors (Lipinski definition) is 0. The molecule has 0 atom stereocenters. The zero-order valence-electron chi connectivity index (χ0n) is 9.07. The summed E-state index contributed by atoms with van der Waals surface area (Å²) in [5.41, 5.74) is -3.78. The minimum atomic E-state index is -5.60. The summed E-state index contributed by atoms with van der Waals surface area (Å²) in [6, 6.07) is 4.06. The van der Waals surface area contributed by atoms with E-state index in [1.165, 1.54) is 18.2 Å². The Morgan fingerprint density at radius 1 is 1.22 bits per heavy atom. The van der Waals surface area contributed by atoms with Gasteiger partial charge in [-0.3, -0.25) is 0 Å². The lowest BCUT2D eigenvalue weighted by Crippen LogP contribution is -2.28. The number of benzene rings is 1. The lowest BCUT2D eigenvalue weighted by atomic mass is 9.97. The zero-order valence-corrected chi connectivity index (χ0v) is 9.88. The van der Waals surface area contributed by atoms with Gasteiger partial charge in [0.15, 0.2) is 0 Å². The number of aryl methyl sites for hydroxylation is 1. The van der Waals surface area contributed by atoms with Crippen LogP contribution in [0.3, 0.4) is 0 Å². The van der Waals surface area contributed by atoms with Crippen LogP contribution in [-0.2, 0) is 16.5 Å². The highest BCUT2D eigenvalue weighted by Crippen LogP contribution is 2.29. The van der Waals surface area contributed by atoms with Gasteiger partial charge >= 0.3 is 15.6 Å². The maximum atomic E-state index is 12.1. The highest BCUT2D eigenvalue weighted by Gasteiger charge is 2.48. The number of allylic oxidation sites excluding steroid dienone is 1. The molecule has 1 aliphatic rings. The fourth-order valence-electron chi connectivity index (χ4n) is 1.64. The number of hydrogen-bond acceptors (Lipinski definition) is 3. The Morgan fingerprint density at radius 3 is 2.61 bits per heavy atom. The standard InChI is InChI=1S/C11H9F3O3S/c12-11(13,14)18(15,16)17-10-6-5-8-3-1-2-4-9(8)7-10/h1,3,5-7H,2,4H2. The molecule has 18 heavy (non-hydrogen) atoms. The first-order valence-electron chi connectivity index (χ1n) is 5.10. The Hall–Kier alpha value is -1.50. The molecular formula is C11H9F3O3S. The van der Waals surface area contributed by atoms with Crippen LogP contribution in [0.2, 0.25) is 0 Å². The molecular weight excluding hydrogens is 269 g/mol. The molecule has 1 aliphatic carbocycles. The predicted octanol–water partition coefficient (Wildman–Crippen LogP) is 2.87. The van der Waals surface area contributed by atoms with E-state index in [-0.39, 0.29) is 5.75 Å². The molecule has 0 amide bonds. The molecule has 0 aliphatic heterocycles. The Balaban J connectivity index is 2.29. The van der Waals surface area contributed by atoms with Crippen LogP contribution in [0.1, 0.15) is 17.5 Å². The maximum absolute atomic E-state index is 12.1. The molecule has 0 N–H and O–H groups in total. The van der Waals surface area contributed by atoms with Crippen LogP contribution in [0, 0.1) is 0 Å². The first kappa shape index (κ1) is 12.9. The van der Waals surface area contributed by atoms with Crippen LogP contribution >= 0.6 is 0 Å². The molecule has 0 heterocycles. The van der Waals surface area contributed by atoms with Crippen molar-refractivity contribution in [2.75, 3.05) is 0 Å². The molecule has 0 saturated heterocycles. The average Bonchev–Trinajstić information content (AvgIpc) is 2.27. The molecule has 0 aromatic heterocycles. The highest BCUT2D eigenvalue weighted by molar-refractivity contribution is 7.87. The monoisotopic (exact) mass is 278 g/mol. The van der Waals surface area contributed by atoms with Crippen molar-refractivity contribution < 1.29 is 25.8 Å². The quantitative estimate of drug-likeness (QED) is 0.617. The first-order chi connectivity index (χ1) is 8.29. The van der Waals surface area contributed by atoms with Crippen LogP contribution in [-0.4, -0.2) is 13.9 Å². The predicted molar refractivity (Wildman–Crippen MR) is 59.4 cm³/mol. The maximum Gasteiger partial charge on any atom is 0.534 e. The molecule has 2 rings (SSSR count). The highest BCUT2D eigenvalue weighted by atomic mass is 32.2. The second kappa shape index (κ2) is 4.31. The second-order valence-electron chi connectivity index (χ2n) is 3.78. The molecule has 0 fully saturated rings. The lowest BCUT2D eigenvalue weighted by molar-refractivity contribution is -0.0500. The summed E-state index contributed by atoms with van der Waals surface area (Å²) in [6.45, 7) is 0. The van der Waals surface area contributed by atoms with E-state index in [1.807, 2.05) is 12.2 Å². The van der Waals surface area contributed by atoms with E-state index in [4.69, 9.17) is 0 Å². The Bertz CT molecular complexity index is 588. The van der Waals surface area contributed by atoms with E-state index in [0.717, 1.165) is 17.5 Å². The summed E-state index contributed by atoms with van der Waals surface area (Å²) < 4.78 is 62.1. The van der Waals surface area contributed by atoms with Crippen LogP contribution < -0.4 is 4.18 Å². The van der Waals surface area contributed by atoms with Gasteiger partial charge in [0.25, 0.3) is 0 Å². The van der Waals surface area contributed by atoms with Crippen LogP contribution in [0.5, 0.6) is 5.75 Å². The number of halogens is 3. The van der Waals surface area contributed by atoms with Gasteiger partial charge in [0.1, 0.15) is 5.75 Å². The van der Waals surface area contributed by atoms with Gasteiger partial charge in [0.2, 0.25) is 0 Å². The van der Waals surface area contributed by atoms with Gasteiger partial charge < -0.3 is 4.18 Å². The van der Waals surface area contributed by atoms with Gasteiger partial charge in [0.05, 0.1) is 0 Å². The second-order valence-corrected chi connectivity index (χ2v) is 5.32. The van der Waals surface area contributed by atoms with Gasteiger partial charge in [-0.15, -0.1) is 0 Å². The summed E-state index contributed by atoms with van der Waals surface area (Å²) >= 11 is 0. The fourth-order valence-corrected chi connectivity index (χ4v) is 2.09. The SMILES string of the molecule is O=S(=O)(Oc1ccc2c(c1)CCC=C2)C(F)(F)F. The Morgan fingerprint density at radius 2 is 1.94 bits per heavy atom. The number of alkyl halides is 3. The van der Waals surface area contributed by atoms with Crippen LogP contribution in [0.25, 0.3) is 6.08 Å². The van der Waals surface area contributed by atoms with E-state index >= 15 is 0 Å². The topological polar surface area (TPSA) is 43.4 Å². The minimum absolute atomic E-state index is 0.318. The molecule has 0 saturated carbocycles. The average molecular weight is 278 g/mol. The summed E-state index contributed by atoms with van der Waals surface area (Å²) in [5, 5.41) is 0. The van der Waals surface area contributed by atoms with Crippen molar-refractivity contribution in [3.8, 4) is 5.75 Å². The van der Waals surface area contributed by atoms with Crippen molar-refractivity contribution in [2.45, 2.75) is 18.3 Å². The number of fused-ring (bicyclic) bond motifs is 1. The summed E-state index contributed by atoms with van der Waals surface area (Å²) in [5.74, 6) is -0.318. The van der Waals surface area contributed by atoms with E-state index in [0.29, 0.717) is 6.42 Å². The Labute approximate surface area is 102 Å². The zero-order chi connectivity index (χ0) is 13.4. The van der Waals surface area contributed by atoms with Crippen LogP contribution in [0.4, 0.5) is 13.2 Å². The third kappa shape index (κ3) is 2.50. The molecule has 1 aromatic carbocycles. The molecule has 0 bridgehead atoms. The summed E-state index contributed by atoms with van der Waals surface area (Å²) in [6.07, 6.45) is 5.19. The molecule has 3 nitrogen and oxygen atoms in total. The van der Waals surface area contributed by atoms with Crippen molar-refractivity contribution in [1.29, 1.82) is 0 Å². The minimum Gasteiger partial charge on any atom is -0.376 e. The summed E-state index contributed by atoms with van der Waals surface area (Å²) in [7, 11) is -5.60. The lowest BCUT2D eigenvalue weighted by Gasteiger charge is -2.13. The first-order valence-corrected chi connectivity index (χ1v) is 6.51. The van der Waals surface area contributed by atoms with Crippen molar-refractivity contribution in [3.05, 3.63) is 35.4 Å². The van der Waals surface area contributed by atoms with Crippen molar-refractivity contribution in [1.82, 2.24) is 0 Å². The smallest absolute Gasteiger partial charge is 0.376 e. The van der Waals surface area contributed by atoms with Crippen molar-refractivity contribution >= 4 is 16.2 Å². The molecule has 0 radical (unpaired) electrons. The normalized spacial score (nSPS) is 15.3. The number of rotatable bonds is 2. The third-order valence-electron chi connectivity index (χ3n) is 2.48. The largest absolute Gasteiger partial charge is 0.534 e. The van der Waals surface area contributed by atoms with Gasteiger partial charge in [0, 0.05) is 0 Å². The van der Waals surface area contributed by atoms with Gasteiger partial charge in [-0.2, -0.15) is 21.6 Å². The van der Waals surface area contributed by atoms with E-state index in [1.54, 1.807) is 0 Å². The summed E-state index contributed by atoms with van der Waals surface area (Å²) in [4.78, 5) is 0. The van der Waals surface area contributed by atoms with Crippen molar-refractivity contribution in [2.24, 2.45) is 0 Å². The van der Waals surface area contributed by atoms with Crippen LogP contribution in [0.15, 0.2) is 24.3 Å². The molecule has 0 unspecified atom stereocenters. The Kier molecular flexibility index (Phi) is 3.10. The van der Waals surface area contributed by atoms with Gasteiger partial charge in [-0.1, -0.05) is 18.2 Å². The molecule has 7 heteroatoms. The third-order valence-corrected chi connectivity index (χ3v) is 3.46.